The Bertz CT molecular complexity index is 1800. The van der Waals surface area contributed by atoms with Crippen LogP contribution in [0.4, 0.5) is 0 Å². The summed E-state index contributed by atoms with van der Waals surface area (Å²) in [6.07, 6.45) is -7.96. The number of ether oxygens (including phenoxy) is 8. The zero-order valence-electron chi connectivity index (χ0n) is 39.2. The van der Waals surface area contributed by atoms with E-state index in [0.717, 1.165) is 25.7 Å². The van der Waals surface area contributed by atoms with Gasteiger partial charge in [0, 0.05) is 26.7 Å². The highest BCUT2D eigenvalue weighted by Crippen LogP contribution is 2.89. The lowest BCUT2D eigenvalue weighted by atomic mass is 9.41. The molecule has 0 aromatic carbocycles. The lowest BCUT2D eigenvalue weighted by Gasteiger charge is -2.65. The summed E-state index contributed by atoms with van der Waals surface area (Å²) in [5, 5.41) is 66.5. The molecule has 3 aliphatic heterocycles. The van der Waals surface area contributed by atoms with E-state index in [1.807, 2.05) is 0 Å². The third-order valence-electron chi connectivity index (χ3n) is 18.5. The second-order valence-electron chi connectivity index (χ2n) is 22.8. The van der Waals surface area contributed by atoms with E-state index in [1.54, 1.807) is 13.8 Å². The number of rotatable bonds is 10. The first kappa shape index (κ1) is 48.4. The minimum Gasteiger partial charge on any atom is -0.456 e. The summed E-state index contributed by atoms with van der Waals surface area (Å²) in [6.45, 7) is 17.3. The van der Waals surface area contributed by atoms with Crippen molar-refractivity contribution in [2.45, 2.75) is 218 Å². The second-order valence-corrected chi connectivity index (χ2v) is 22.8. The van der Waals surface area contributed by atoms with Crippen LogP contribution in [0.1, 0.15) is 127 Å². The summed E-state index contributed by atoms with van der Waals surface area (Å²) < 4.78 is 49.7. The average Bonchev–Trinajstić information content (AvgIpc) is 3.55. The Balaban J connectivity index is 1.14. The van der Waals surface area contributed by atoms with Crippen LogP contribution in [0.5, 0.6) is 0 Å². The molecule has 5 saturated carbocycles. The van der Waals surface area contributed by atoms with Crippen molar-refractivity contribution >= 4 is 17.9 Å². The molecule has 0 bridgehead atoms. The molecule has 8 aliphatic rings. The largest absolute Gasteiger partial charge is 0.456 e. The Kier molecular flexibility index (Phi) is 12.3. The molecule has 364 valence electrons. The first-order valence-corrected chi connectivity index (χ1v) is 23.5. The number of esters is 3. The van der Waals surface area contributed by atoms with Crippen molar-refractivity contribution in [1.29, 1.82) is 0 Å². The Labute approximate surface area is 376 Å². The van der Waals surface area contributed by atoms with Crippen LogP contribution in [0.2, 0.25) is 0 Å². The molecule has 17 heteroatoms. The minimum absolute atomic E-state index is 0.0469. The van der Waals surface area contributed by atoms with Crippen LogP contribution >= 0.6 is 0 Å². The van der Waals surface area contributed by atoms with Gasteiger partial charge in [-0.25, -0.2) is 0 Å². The van der Waals surface area contributed by atoms with Crippen molar-refractivity contribution in [3.63, 3.8) is 0 Å². The molecule has 0 aromatic heterocycles. The molecule has 4 unspecified atom stereocenters. The van der Waals surface area contributed by atoms with Gasteiger partial charge in [-0.05, 0) is 117 Å². The Morgan fingerprint density at radius 2 is 1.38 bits per heavy atom. The number of carbonyl (C=O) groups is 3. The summed E-state index contributed by atoms with van der Waals surface area (Å²) in [4.78, 5) is 37.0. The van der Waals surface area contributed by atoms with Crippen LogP contribution < -0.4 is 0 Å². The predicted octanol–water partition coefficient (Wildman–Crippen LogP) is 2.44. The van der Waals surface area contributed by atoms with Crippen molar-refractivity contribution < 1.29 is 82.9 Å². The third kappa shape index (κ3) is 7.39. The van der Waals surface area contributed by atoms with E-state index in [-0.39, 0.29) is 46.7 Å². The number of aliphatic hydroxyl groups excluding tert-OH is 5. The van der Waals surface area contributed by atoms with E-state index in [1.165, 1.54) is 20.8 Å². The van der Waals surface area contributed by atoms with Crippen molar-refractivity contribution in [2.24, 2.45) is 44.8 Å². The van der Waals surface area contributed by atoms with E-state index in [0.29, 0.717) is 32.1 Å². The number of hydrogen-bond donors (Lipinski definition) is 6. The minimum atomic E-state index is -1.65. The maximum absolute atomic E-state index is 12.6. The highest BCUT2D eigenvalue weighted by Gasteiger charge is 2.85. The Hall–Kier alpha value is -2.03. The lowest BCUT2D eigenvalue weighted by Crippen LogP contribution is -2.65. The van der Waals surface area contributed by atoms with Crippen LogP contribution in [-0.2, 0) is 52.3 Å². The van der Waals surface area contributed by atoms with Gasteiger partial charge in [-0.2, -0.15) is 0 Å². The molecule has 0 radical (unpaired) electrons. The number of hydrogen-bond acceptors (Lipinski definition) is 17. The molecule has 6 N–H and O–H groups in total. The van der Waals surface area contributed by atoms with Gasteiger partial charge in [-0.1, -0.05) is 27.7 Å². The fourth-order valence-electron chi connectivity index (χ4n) is 15.8. The smallest absolute Gasteiger partial charge is 0.303 e. The molecular formula is C47H74O17. The van der Waals surface area contributed by atoms with E-state index >= 15 is 0 Å². The van der Waals surface area contributed by atoms with Crippen LogP contribution in [-0.4, -0.2) is 153 Å². The molecule has 21 atom stereocenters. The number of fused-ring (bicyclic) bond motifs is 2. The zero-order chi connectivity index (χ0) is 46.9. The highest BCUT2D eigenvalue weighted by atomic mass is 16.7. The molecule has 5 aliphatic carbocycles. The van der Waals surface area contributed by atoms with Crippen molar-refractivity contribution in [1.82, 2.24) is 0 Å². The van der Waals surface area contributed by atoms with Gasteiger partial charge in [0.2, 0.25) is 0 Å². The molecule has 64 heavy (non-hydrogen) atoms. The molecule has 8 fully saturated rings. The molecule has 0 aromatic rings. The number of carbonyl (C=O) groups excluding carboxylic acids is 3. The molecule has 17 nitrogen and oxygen atoms in total. The summed E-state index contributed by atoms with van der Waals surface area (Å²) in [6, 6.07) is 0. The summed E-state index contributed by atoms with van der Waals surface area (Å²) in [5.41, 5.74) is -3.59. The van der Waals surface area contributed by atoms with Gasteiger partial charge in [0.05, 0.1) is 48.8 Å². The van der Waals surface area contributed by atoms with E-state index in [2.05, 4.69) is 34.6 Å². The monoisotopic (exact) mass is 910 g/mol. The maximum Gasteiger partial charge on any atom is 0.303 e. The molecule has 2 spiro atoms. The van der Waals surface area contributed by atoms with Crippen molar-refractivity contribution in [3.8, 4) is 0 Å². The fraction of sp³-hybridized carbons (Fsp3) is 0.936. The molecule has 3 saturated heterocycles. The average molecular weight is 911 g/mol. The van der Waals surface area contributed by atoms with Gasteiger partial charge in [0.15, 0.2) is 30.9 Å². The van der Waals surface area contributed by atoms with E-state index in [9.17, 15) is 45.0 Å². The van der Waals surface area contributed by atoms with Gasteiger partial charge >= 0.3 is 17.9 Å². The van der Waals surface area contributed by atoms with Crippen LogP contribution in [0.15, 0.2) is 0 Å². The molecule has 3 heterocycles. The Morgan fingerprint density at radius 1 is 0.719 bits per heavy atom. The molecular weight excluding hydrogens is 837 g/mol. The normalized spacial score (nSPS) is 51.8. The van der Waals surface area contributed by atoms with Gasteiger partial charge in [0.1, 0.15) is 24.4 Å². The van der Waals surface area contributed by atoms with Gasteiger partial charge < -0.3 is 68.5 Å². The van der Waals surface area contributed by atoms with Gasteiger partial charge in [0.25, 0.3) is 0 Å². The first-order valence-electron chi connectivity index (χ1n) is 23.5. The maximum atomic E-state index is 12.6. The molecule has 0 amide bonds. The fourth-order valence-corrected chi connectivity index (χ4v) is 15.8. The SMILES string of the molecule is CC(=O)O[C@@H]1[C@@H](OC(C)=O)[C@H](OC2CC[C@]34CC35CC[C@]3(C)[C@@H]([C@@]6(C)CC[C@@H](C(C)(C)O)O6)[C@H](O)C[C@@]3(C)C5C[C@@H](O[C@@H]3O[C@H](CO)[C@@H](O)[C@H](O)[C@H]3O)C4C2(C)C)OC[C@H]1OC(C)=O. The Morgan fingerprint density at radius 3 is 1.98 bits per heavy atom. The van der Waals surface area contributed by atoms with Crippen LogP contribution in [0.25, 0.3) is 0 Å². The molecule has 8 rings (SSSR count). The van der Waals surface area contributed by atoms with E-state index in [4.69, 9.17) is 37.9 Å². The van der Waals surface area contributed by atoms with Crippen molar-refractivity contribution in [2.75, 3.05) is 13.2 Å². The highest BCUT2D eigenvalue weighted by molar-refractivity contribution is 5.68. The standard InChI is InChI=1S/C47H74O17/c1-22(49)58-28-20-57-40(36(60-24(3)51)35(28)59-23(2)50)63-30-12-14-47-21-46(47)16-15-43(8)37(45(10)13-11-31(64-45)42(6,7)56)25(52)18-44(43,9)29(46)17-26(38(47)41(30,4)5)61-39-34(55)33(54)32(53)27(19-48)62-39/h25-40,48,52-56H,11-21H2,1-10H3/t25-,26-,27-,28-,29?,30?,31+,32-,33+,34-,35+,36-,37+,38?,39-,40+,43-,44+,45-,46?,47-/m1/s1. The number of aliphatic hydroxyl groups is 6. The topological polar surface area (TPSA) is 246 Å². The van der Waals surface area contributed by atoms with Crippen LogP contribution in [0, 0.1) is 44.8 Å². The van der Waals surface area contributed by atoms with Crippen LogP contribution in [0.3, 0.4) is 0 Å². The zero-order valence-corrected chi connectivity index (χ0v) is 39.2. The lowest BCUT2D eigenvalue weighted by molar-refractivity contribution is -0.339. The summed E-state index contributed by atoms with van der Waals surface area (Å²) in [7, 11) is 0. The van der Waals surface area contributed by atoms with Gasteiger partial charge in [-0.3, -0.25) is 14.4 Å². The first-order chi connectivity index (χ1) is 29.7. The van der Waals surface area contributed by atoms with Crippen molar-refractivity contribution in [3.05, 3.63) is 0 Å². The van der Waals surface area contributed by atoms with Gasteiger partial charge in [-0.15, -0.1) is 0 Å². The predicted molar refractivity (Wildman–Crippen MR) is 222 cm³/mol. The second kappa shape index (κ2) is 16.3. The van der Waals surface area contributed by atoms with E-state index < -0.39 is 120 Å². The third-order valence-corrected chi connectivity index (χ3v) is 18.5. The summed E-state index contributed by atoms with van der Waals surface area (Å²) in [5.74, 6) is -2.39. The summed E-state index contributed by atoms with van der Waals surface area (Å²) >= 11 is 0. The quantitative estimate of drug-likeness (QED) is 0.105.